The number of Topliss-reactive ketones (excluding diaryl/α,β-unsaturated/α-hetero) is 1. The summed E-state index contributed by atoms with van der Waals surface area (Å²) in [6.07, 6.45) is -2.29. The normalized spacial score (nSPS) is 70.0. The van der Waals surface area contributed by atoms with Gasteiger partial charge in [0.15, 0.2) is 12.1 Å². The molecule has 3 nitrogen and oxygen atoms in total. The van der Waals surface area contributed by atoms with E-state index in [0.717, 1.165) is 0 Å². The first kappa shape index (κ1) is 2.68. The summed E-state index contributed by atoms with van der Waals surface area (Å²) >= 11 is 0. The molecule has 0 aromatic rings. The first-order chi connectivity index (χ1) is 5.89. The lowest BCUT2D eigenvalue weighted by molar-refractivity contribution is -0.120. The Labute approximate surface area is 58.6 Å². The molecule has 0 aromatic heterocycles. The molecule has 0 N–H and O–H groups in total. The second kappa shape index (κ2) is 1.78. The second-order valence-electron chi connectivity index (χ2n) is 1.87. The Kier molecular flexibility index (Phi) is 0.531. The molecule has 0 amide bonds. The third-order valence-electron chi connectivity index (χ3n) is 1.33. The molecule has 2 aliphatic rings. The van der Waals surface area contributed by atoms with Gasteiger partial charge in [-0.2, -0.15) is 0 Å². The van der Waals surface area contributed by atoms with Crippen molar-refractivity contribution < 1.29 is 19.8 Å². The van der Waals surface area contributed by atoms with E-state index in [-0.39, 0.29) is 6.61 Å². The molecule has 0 aliphatic carbocycles. The number of hydrogen-bond donors (Lipinski definition) is 0. The fraction of sp³-hybridized carbons (Fsp3) is 0.833. The zero-order valence-electron chi connectivity index (χ0n) is 8.59. The van der Waals surface area contributed by atoms with Crippen LogP contribution < -0.4 is 0 Å². The van der Waals surface area contributed by atoms with Gasteiger partial charge in [-0.25, -0.2) is 0 Å². The van der Waals surface area contributed by atoms with Crippen LogP contribution in [-0.2, 0) is 14.3 Å². The highest BCUT2D eigenvalue weighted by molar-refractivity contribution is 5.84. The van der Waals surface area contributed by atoms with Crippen molar-refractivity contribution in [1.29, 1.82) is 0 Å². The lowest BCUT2D eigenvalue weighted by Gasteiger charge is -2.02. The fourth-order valence-corrected chi connectivity index (χ4v) is 0.874. The molecular weight excluding hydrogens is 120 g/mol. The maximum Gasteiger partial charge on any atom is 0.168 e. The molecule has 0 aromatic carbocycles. The summed E-state index contributed by atoms with van der Waals surface area (Å²) in [4.78, 5) is 11.4. The van der Waals surface area contributed by atoms with Gasteiger partial charge in [0.25, 0.3) is 0 Å². The van der Waals surface area contributed by atoms with E-state index in [2.05, 4.69) is 4.74 Å². The van der Waals surface area contributed by atoms with Crippen molar-refractivity contribution in [2.45, 2.75) is 12.7 Å². The number of rotatable bonds is 0. The molecule has 0 saturated carbocycles. The molecule has 2 heterocycles. The van der Waals surface area contributed by atoms with Crippen LogP contribution in [0.25, 0.3) is 0 Å². The Bertz CT molecular complexity index is 269. The van der Waals surface area contributed by atoms with Crippen molar-refractivity contribution in [2.24, 2.45) is 5.89 Å². The number of carbonyl (C=O) groups excluding carboxylic acids is 1. The number of fused-ring (bicyclic) bond motifs is 1. The SMILES string of the molecule is [2H]C1COC2OC([2H])([2H])C(=O)[C@]12[2H]. The van der Waals surface area contributed by atoms with E-state index < -0.39 is 30.9 Å². The van der Waals surface area contributed by atoms with E-state index in [1.165, 1.54) is 0 Å². The summed E-state index contributed by atoms with van der Waals surface area (Å²) in [5, 5.41) is 0. The molecule has 3 heteroatoms. The van der Waals surface area contributed by atoms with Crippen LogP contribution in [-0.4, -0.2) is 25.2 Å². The Morgan fingerprint density at radius 2 is 2.67 bits per heavy atom. The molecule has 3 atom stereocenters. The summed E-state index contributed by atoms with van der Waals surface area (Å²) in [5.74, 6) is -2.90. The molecule has 50 valence electrons. The van der Waals surface area contributed by atoms with Crippen LogP contribution in [0.4, 0.5) is 0 Å². The van der Waals surface area contributed by atoms with Crippen molar-refractivity contribution in [2.75, 3.05) is 13.2 Å². The summed E-state index contributed by atoms with van der Waals surface area (Å²) < 4.78 is 38.7. The van der Waals surface area contributed by atoms with E-state index in [4.69, 9.17) is 10.2 Å². The average Bonchev–Trinajstić information content (AvgIpc) is 2.39. The van der Waals surface area contributed by atoms with Crippen LogP contribution in [0.5, 0.6) is 0 Å². The zero-order chi connectivity index (χ0) is 9.85. The molecule has 2 aliphatic heterocycles. The van der Waals surface area contributed by atoms with Gasteiger partial charge in [0.1, 0.15) is 6.56 Å². The minimum atomic E-state index is -2.48. The highest BCUT2D eigenvalue weighted by atomic mass is 16.7. The molecule has 2 unspecified atom stereocenters. The number of carbonyl (C=O) groups is 1. The van der Waals surface area contributed by atoms with E-state index in [0.29, 0.717) is 0 Å². The van der Waals surface area contributed by atoms with Gasteiger partial charge in [-0.3, -0.25) is 4.79 Å². The first-order valence-electron chi connectivity index (χ1n) is 4.73. The topological polar surface area (TPSA) is 35.5 Å². The van der Waals surface area contributed by atoms with Gasteiger partial charge in [-0.05, 0) is 6.40 Å². The lowest BCUT2D eigenvalue weighted by atomic mass is 10.1. The van der Waals surface area contributed by atoms with Gasteiger partial charge >= 0.3 is 0 Å². The standard InChI is InChI=1S/C6H8O3/c7-5-3-9-6-4(5)1-2-8-6/h4,6H,1-3H2/t4-,6?/m0/s1/i1D,3D2,4D/t1?,4-,6?. The predicted molar refractivity (Wildman–Crippen MR) is 28.8 cm³/mol. The molecule has 0 radical (unpaired) electrons. The zero-order valence-corrected chi connectivity index (χ0v) is 4.59. The molecule has 2 rings (SSSR count). The van der Waals surface area contributed by atoms with E-state index in [1.54, 1.807) is 0 Å². The lowest BCUT2D eigenvalue weighted by Crippen LogP contribution is -2.13. The first-order valence-corrected chi connectivity index (χ1v) is 2.65. The van der Waals surface area contributed by atoms with Crippen LogP contribution in [0.2, 0.25) is 0 Å². The molecule has 9 heavy (non-hydrogen) atoms. The Hall–Kier alpha value is -0.410. The van der Waals surface area contributed by atoms with Gasteiger partial charge in [0.2, 0.25) is 0 Å². The van der Waals surface area contributed by atoms with E-state index >= 15 is 0 Å². The number of ketones is 1. The fourth-order valence-electron chi connectivity index (χ4n) is 0.874. The van der Waals surface area contributed by atoms with Crippen LogP contribution >= 0.6 is 0 Å². The third-order valence-corrected chi connectivity index (χ3v) is 1.33. The Morgan fingerprint density at radius 3 is 3.44 bits per heavy atom. The molecular formula is C6H8O3. The Balaban J connectivity index is 2.40. The minimum absolute atomic E-state index is 0.0595. The smallest absolute Gasteiger partial charge is 0.168 e. The highest BCUT2D eigenvalue weighted by Crippen LogP contribution is 2.27. The van der Waals surface area contributed by atoms with Crippen LogP contribution in [0.1, 0.15) is 11.9 Å². The quantitative estimate of drug-likeness (QED) is 0.463. The van der Waals surface area contributed by atoms with Gasteiger partial charge in [-0.1, -0.05) is 0 Å². The van der Waals surface area contributed by atoms with Crippen molar-refractivity contribution in [3.8, 4) is 0 Å². The molecule has 0 bridgehead atoms. The van der Waals surface area contributed by atoms with Crippen LogP contribution in [0.15, 0.2) is 0 Å². The van der Waals surface area contributed by atoms with Crippen LogP contribution in [0.3, 0.4) is 0 Å². The third kappa shape index (κ3) is 0.686. The minimum Gasteiger partial charge on any atom is -0.352 e. The largest absolute Gasteiger partial charge is 0.352 e. The predicted octanol–water partition coefficient (Wildman–Crippen LogP) is -0.0517. The second-order valence-corrected chi connectivity index (χ2v) is 1.87. The van der Waals surface area contributed by atoms with Crippen molar-refractivity contribution in [3.63, 3.8) is 0 Å². The molecule has 2 fully saturated rings. The Morgan fingerprint density at radius 1 is 1.78 bits per heavy atom. The maximum absolute atomic E-state index is 11.4. The summed E-state index contributed by atoms with van der Waals surface area (Å²) in [7, 11) is 0. The summed E-state index contributed by atoms with van der Waals surface area (Å²) in [6.45, 7) is -2.54. The van der Waals surface area contributed by atoms with Crippen molar-refractivity contribution in [3.05, 3.63) is 0 Å². The highest BCUT2D eigenvalue weighted by Gasteiger charge is 2.40. The number of ether oxygens (including phenoxy) is 2. The summed E-state index contributed by atoms with van der Waals surface area (Å²) in [6, 6.07) is 0. The van der Waals surface area contributed by atoms with E-state index in [1.807, 2.05) is 0 Å². The van der Waals surface area contributed by atoms with Crippen molar-refractivity contribution in [1.82, 2.24) is 0 Å². The molecule has 0 spiro atoms. The monoisotopic (exact) mass is 132 g/mol. The molecule has 2 saturated heterocycles. The van der Waals surface area contributed by atoms with Gasteiger partial charge < -0.3 is 9.47 Å². The average molecular weight is 132 g/mol. The van der Waals surface area contributed by atoms with Gasteiger partial charge in [-0.15, -0.1) is 0 Å². The van der Waals surface area contributed by atoms with Crippen molar-refractivity contribution >= 4 is 5.78 Å². The van der Waals surface area contributed by atoms with Crippen LogP contribution in [0, 0.1) is 5.89 Å². The number of hydrogen-bond acceptors (Lipinski definition) is 3. The van der Waals surface area contributed by atoms with Gasteiger partial charge in [0, 0.05) is 2.74 Å². The summed E-state index contributed by atoms with van der Waals surface area (Å²) in [5.41, 5.74) is 0. The van der Waals surface area contributed by atoms with E-state index in [9.17, 15) is 4.79 Å². The maximum atomic E-state index is 11.4. The van der Waals surface area contributed by atoms with Gasteiger partial charge in [0.05, 0.1) is 15.2 Å².